The zero-order valence-corrected chi connectivity index (χ0v) is 68.9. The van der Waals surface area contributed by atoms with Crippen LogP contribution in [0.4, 0.5) is 0 Å². The van der Waals surface area contributed by atoms with Gasteiger partial charge in [0.15, 0.2) is 12.2 Å². The maximum Gasteiger partial charge on any atom is 0.472 e. The van der Waals surface area contributed by atoms with E-state index in [4.69, 9.17) is 37.0 Å². The Kier molecular flexibility index (Phi) is 71.8. The molecule has 0 spiro atoms. The van der Waals surface area contributed by atoms with Crippen LogP contribution in [0.25, 0.3) is 0 Å². The number of phosphoric ester groups is 2. The van der Waals surface area contributed by atoms with Crippen molar-refractivity contribution in [3.8, 4) is 0 Å². The van der Waals surface area contributed by atoms with Gasteiger partial charge in [-0.15, -0.1) is 0 Å². The van der Waals surface area contributed by atoms with Crippen LogP contribution in [0.15, 0.2) is 0 Å². The second-order valence-electron chi connectivity index (χ2n) is 31.3. The van der Waals surface area contributed by atoms with Gasteiger partial charge in [0.05, 0.1) is 26.4 Å². The molecule has 0 aromatic rings. The normalized spacial score (nSPS) is 13.9. The monoisotopic (exact) mass is 1490 g/mol. The number of ether oxygens (including phenoxy) is 4. The van der Waals surface area contributed by atoms with E-state index in [2.05, 4.69) is 48.5 Å². The molecule has 0 radical (unpaired) electrons. The van der Waals surface area contributed by atoms with Gasteiger partial charge in [-0.3, -0.25) is 37.3 Å². The van der Waals surface area contributed by atoms with E-state index >= 15 is 0 Å². The second kappa shape index (κ2) is 73.2. The van der Waals surface area contributed by atoms with Crippen molar-refractivity contribution in [2.75, 3.05) is 39.6 Å². The maximum absolute atomic E-state index is 13.1. The highest BCUT2D eigenvalue weighted by Gasteiger charge is 2.30. The van der Waals surface area contributed by atoms with Crippen LogP contribution in [-0.4, -0.2) is 96.7 Å². The maximum atomic E-state index is 13.1. The number of phosphoric acid groups is 2. The fraction of sp³-hybridized carbons (Fsp3) is 0.952. The van der Waals surface area contributed by atoms with Gasteiger partial charge in [0, 0.05) is 25.7 Å². The molecular weight excluding hydrogens is 1330 g/mol. The number of carbonyl (C=O) groups excluding carboxylic acids is 4. The predicted octanol–water partition coefficient (Wildman–Crippen LogP) is 24.9. The van der Waals surface area contributed by atoms with Crippen LogP contribution < -0.4 is 0 Å². The van der Waals surface area contributed by atoms with E-state index in [0.29, 0.717) is 25.7 Å². The molecule has 0 saturated carbocycles. The Morgan fingerprint density at radius 1 is 0.265 bits per heavy atom. The van der Waals surface area contributed by atoms with Crippen molar-refractivity contribution in [1.82, 2.24) is 0 Å². The highest BCUT2D eigenvalue weighted by Crippen LogP contribution is 2.45. The molecule has 0 heterocycles. The highest BCUT2D eigenvalue weighted by molar-refractivity contribution is 7.47. The van der Waals surface area contributed by atoms with Gasteiger partial charge in [0.2, 0.25) is 0 Å². The summed E-state index contributed by atoms with van der Waals surface area (Å²) in [7, 11) is -9.92. The van der Waals surface area contributed by atoms with Crippen LogP contribution in [0, 0.1) is 17.8 Å². The van der Waals surface area contributed by atoms with Gasteiger partial charge < -0.3 is 33.8 Å². The Morgan fingerprint density at radius 2 is 0.451 bits per heavy atom. The van der Waals surface area contributed by atoms with Crippen LogP contribution in [0.1, 0.15) is 434 Å². The Bertz CT molecular complexity index is 1970. The van der Waals surface area contributed by atoms with Crippen molar-refractivity contribution in [2.45, 2.75) is 452 Å². The summed E-state index contributed by atoms with van der Waals surface area (Å²) in [6.07, 6.45) is 62.5. The number of aliphatic hydroxyl groups excluding tert-OH is 1. The fourth-order valence-electron chi connectivity index (χ4n) is 12.8. The molecule has 0 amide bonds. The third kappa shape index (κ3) is 76.3. The van der Waals surface area contributed by atoms with Crippen molar-refractivity contribution < 1.29 is 80.2 Å². The van der Waals surface area contributed by atoms with Crippen molar-refractivity contribution in [3.05, 3.63) is 0 Å². The lowest BCUT2D eigenvalue weighted by atomic mass is 10.0. The molecular formula is C83H162O17P2. The largest absolute Gasteiger partial charge is 0.472 e. The topological polar surface area (TPSA) is 237 Å². The number of aliphatic hydroxyl groups is 1. The van der Waals surface area contributed by atoms with Crippen molar-refractivity contribution >= 4 is 39.5 Å². The fourth-order valence-corrected chi connectivity index (χ4v) is 14.4. The summed E-state index contributed by atoms with van der Waals surface area (Å²) in [6, 6.07) is 0. The molecule has 0 saturated heterocycles. The zero-order chi connectivity index (χ0) is 75.1. The summed E-state index contributed by atoms with van der Waals surface area (Å²) >= 11 is 0. The Morgan fingerprint density at radius 3 is 0.667 bits per heavy atom. The van der Waals surface area contributed by atoms with Crippen LogP contribution in [-0.2, 0) is 65.4 Å². The molecule has 0 aromatic carbocycles. The first kappa shape index (κ1) is 100. The number of rotatable bonds is 81. The van der Waals surface area contributed by atoms with E-state index in [1.807, 2.05) is 0 Å². The van der Waals surface area contributed by atoms with E-state index in [-0.39, 0.29) is 25.7 Å². The van der Waals surface area contributed by atoms with Crippen LogP contribution in [0.5, 0.6) is 0 Å². The quantitative estimate of drug-likeness (QED) is 0.0222. The SMILES string of the molecule is CCCCCCCCCCC(=O)OC[C@H](COP(=O)(O)OC[C@H](O)COP(=O)(O)OC[C@@H](COC(=O)CCCCCCCCCCCCCCCCCC(C)C)OC(=O)CCCCCCCCCCCCCCCCCCC(C)C)OC(=O)CCCCCCCCCCCCCCCCC(C)C. The smallest absolute Gasteiger partial charge is 0.462 e. The first-order valence-corrected chi connectivity index (χ1v) is 45.8. The molecule has 0 fully saturated rings. The van der Waals surface area contributed by atoms with Gasteiger partial charge in [0.25, 0.3) is 0 Å². The van der Waals surface area contributed by atoms with Crippen molar-refractivity contribution in [2.24, 2.45) is 17.8 Å². The lowest BCUT2D eigenvalue weighted by Crippen LogP contribution is -2.30. The van der Waals surface area contributed by atoms with E-state index in [1.165, 1.54) is 238 Å². The summed E-state index contributed by atoms with van der Waals surface area (Å²) in [4.78, 5) is 73.0. The van der Waals surface area contributed by atoms with E-state index in [0.717, 1.165) is 114 Å². The molecule has 0 bridgehead atoms. The van der Waals surface area contributed by atoms with Crippen LogP contribution in [0.2, 0.25) is 0 Å². The lowest BCUT2D eigenvalue weighted by Gasteiger charge is -2.21. The summed E-state index contributed by atoms with van der Waals surface area (Å²) < 4.78 is 68.7. The van der Waals surface area contributed by atoms with Gasteiger partial charge in [0.1, 0.15) is 19.3 Å². The summed E-state index contributed by atoms with van der Waals surface area (Å²) in [5, 5.41) is 10.6. The van der Waals surface area contributed by atoms with Crippen molar-refractivity contribution in [3.63, 3.8) is 0 Å². The first-order valence-electron chi connectivity index (χ1n) is 42.8. The Balaban J connectivity index is 5.20. The Labute approximate surface area is 626 Å². The minimum atomic E-state index is -4.96. The van der Waals surface area contributed by atoms with Gasteiger partial charge in [-0.2, -0.15) is 0 Å². The molecule has 3 N–H and O–H groups in total. The number of esters is 4. The van der Waals surface area contributed by atoms with Gasteiger partial charge in [-0.05, 0) is 43.4 Å². The molecule has 0 aliphatic rings. The molecule has 606 valence electrons. The number of carbonyl (C=O) groups is 4. The van der Waals surface area contributed by atoms with Crippen LogP contribution in [0.3, 0.4) is 0 Å². The number of unbranched alkanes of at least 4 members (excludes halogenated alkanes) is 49. The van der Waals surface area contributed by atoms with Gasteiger partial charge in [-0.1, -0.05) is 382 Å². The average molecular weight is 1490 g/mol. The molecule has 2 unspecified atom stereocenters. The third-order valence-corrected chi connectivity index (χ3v) is 21.3. The predicted molar refractivity (Wildman–Crippen MR) is 418 cm³/mol. The average Bonchev–Trinajstić information content (AvgIpc) is 1.41. The van der Waals surface area contributed by atoms with E-state index in [1.54, 1.807) is 0 Å². The van der Waals surface area contributed by atoms with Gasteiger partial charge >= 0.3 is 39.5 Å². The summed E-state index contributed by atoms with van der Waals surface area (Å²) in [6.45, 7) is 12.0. The molecule has 0 rings (SSSR count). The third-order valence-electron chi connectivity index (χ3n) is 19.4. The molecule has 17 nitrogen and oxygen atoms in total. The minimum Gasteiger partial charge on any atom is -0.462 e. The van der Waals surface area contributed by atoms with Crippen molar-refractivity contribution in [1.29, 1.82) is 0 Å². The summed E-state index contributed by atoms with van der Waals surface area (Å²) in [5.41, 5.74) is 0. The molecule has 0 aliphatic carbocycles. The molecule has 102 heavy (non-hydrogen) atoms. The van der Waals surface area contributed by atoms with E-state index < -0.39 is 97.5 Å². The molecule has 5 atom stereocenters. The van der Waals surface area contributed by atoms with Gasteiger partial charge in [-0.25, -0.2) is 9.13 Å². The number of hydrogen-bond acceptors (Lipinski definition) is 15. The summed E-state index contributed by atoms with van der Waals surface area (Å²) in [5.74, 6) is 0.301. The second-order valence-corrected chi connectivity index (χ2v) is 34.2. The minimum absolute atomic E-state index is 0.107. The molecule has 19 heteroatoms. The lowest BCUT2D eigenvalue weighted by molar-refractivity contribution is -0.161. The first-order chi connectivity index (χ1) is 49.2. The highest BCUT2D eigenvalue weighted by atomic mass is 31.2. The van der Waals surface area contributed by atoms with E-state index in [9.17, 15) is 43.2 Å². The zero-order valence-electron chi connectivity index (χ0n) is 67.1. The molecule has 0 aromatic heterocycles. The Hall–Kier alpha value is -1.94. The molecule has 0 aliphatic heterocycles. The van der Waals surface area contributed by atoms with Crippen LogP contribution >= 0.6 is 15.6 Å². The number of hydrogen-bond donors (Lipinski definition) is 3. The standard InChI is InChI=1S/C83H162O17P2/c1-8-9-10-11-12-43-50-57-64-80(85)93-70-78(99-82(87)67-60-53-46-39-33-27-21-20-24-30-36-42-49-56-63-76(6)7)72-97-101(89,90)95-68-77(84)69-96-102(91,92)98-73-79(71-94-81(86)65-58-51-44-37-31-25-19-15-17-23-29-35-41-48-55-62-75(4)5)100-83(88)66-59-52-45-38-32-26-18-14-13-16-22-28-34-40-47-54-61-74(2)3/h74-79,84H,8-73H2,1-7H3,(H,89,90)(H,91,92)/t77-,78+,79+/m0/s1.